The van der Waals surface area contributed by atoms with E-state index in [0.717, 1.165) is 17.3 Å². The van der Waals surface area contributed by atoms with Crippen LogP contribution < -0.4 is 0 Å². The fraction of sp³-hybridized carbons (Fsp3) is 0.154. The number of halogens is 1. The number of benzene rings is 1. The molecule has 1 saturated heterocycles. The van der Waals surface area contributed by atoms with Gasteiger partial charge < -0.3 is 4.74 Å². The summed E-state index contributed by atoms with van der Waals surface area (Å²) in [7, 11) is 0. The molecule has 104 valence electrons. The summed E-state index contributed by atoms with van der Waals surface area (Å²) in [5.41, 5.74) is 0.792. The minimum absolute atomic E-state index is 0.285. The predicted octanol–water partition coefficient (Wildman–Crippen LogP) is 3.41. The molecule has 0 aliphatic carbocycles. The first-order chi connectivity index (χ1) is 9.61. The number of rotatable bonds is 4. The van der Waals surface area contributed by atoms with Crippen molar-refractivity contribution in [2.24, 2.45) is 5.10 Å². The maximum absolute atomic E-state index is 12.0. The first-order valence-corrected chi connectivity index (χ1v) is 7.39. The van der Waals surface area contributed by atoms with Crippen LogP contribution in [0.2, 0.25) is 5.02 Å². The molecule has 1 aliphatic heterocycles. The average Bonchev–Trinajstić information content (AvgIpc) is 2.69. The fourth-order valence-electron chi connectivity index (χ4n) is 1.41. The van der Waals surface area contributed by atoms with Crippen molar-refractivity contribution >= 4 is 52.0 Å². The molecule has 1 fully saturated rings. The van der Waals surface area contributed by atoms with E-state index in [2.05, 4.69) is 5.10 Å². The van der Waals surface area contributed by atoms with Crippen molar-refractivity contribution < 1.29 is 9.53 Å². The number of hydrogen-bond acceptors (Lipinski definition) is 5. The molecule has 0 bridgehead atoms. The summed E-state index contributed by atoms with van der Waals surface area (Å²) < 4.78 is 5.48. The van der Waals surface area contributed by atoms with Gasteiger partial charge in [0.2, 0.25) is 0 Å². The Bertz CT molecular complexity index is 602. The Hall–Kier alpha value is -1.37. The average molecular weight is 327 g/mol. The molecule has 4 nitrogen and oxygen atoms in total. The largest absolute Gasteiger partial charge is 0.500 e. The molecule has 1 aromatic carbocycles. The van der Waals surface area contributed by atoms with E-state index < -0.39 is 0 Å². The van der Waals surface area contributed by atoms with Gasteiger partial charge in [0.1, 0.15) is 11.2 Å². The van der Waals surface area contributed by atoms with E-state index in [1.54, 1.807) is 18.3 Å². The third kappa shape index (κ3) is 3.59. The lowest BCUT2D eigenvalue weighted by Gasteiger charge is -2.05. The van der Waals surface area contributed by atoms with Crippen LogP contribution in [0.25, 0.3) is 0 Å². The highest BCUT2D eigenvalue weighted by atomic mass is 35.5. The monoisotopic (exact) mass is 326 g/mol. The Kier molecular flexibility index (Phi) is 5.17. The number of carbonyl (C=O) groups is 1. The lowest BCUT2D eigenvalue weighted by Crippen LogP contribution is -2.22. The summed E-state index contributed by atoms with van der Waals surface area (Å²) >= 11 is 12.2. The molecule has 0 atom stereocenters. The number of nitrogens with zero attached hydrogens (tertiary/aromatic N) is 2. The lowest BCUT2D eigenvalue weighted by molar-refractivity contribution is -0.122. The van der Waals surface area contributed by atoms with Gasteiger partial charge in [-0.1, -0.05) is 23.7 Å². The molecule has 0 spiro atoms. The highest BCUT2D eigenvalue weighted by molar-refractivity contribution is 8.26. The molecule has 7 heteroatoms. The second-order valence-electron chi connectivity index (χ2n) is 3.72. The zero-order valence-electron chi connectivity index (χ0n) is 10.6. The normalized spacial score (nSPS) is 17.5. The summed E-state index contributed by atoms with van der Waals surface area (Å²) in [6, 6.07) is 7.16. The second kappa shape index (κ2) is 6.88. The Morgan fingerprint density at radius 1 is 1.55 bits per heavy atom. The van der Waals surface area contributed by atoms with Gasteiger partial charge in [0.15, 0.2) is 4.32 Å². The van der Waals surface area contributed by atoms with Crippen molar-refractivity contribution in [1.29, 1.82) is 0 Å². The lowest BCUT2D eigenvalue weighted by atomic mass is 10.2. The van der Waals surface area contributed by atoms with Crippen molar-refractivity contribution in [3.63, 3.8) is 0 Å². The Labute approximate surface area is 131 Å². The van der Waals surface area contributed by atoms with Gasteiger partial charge in [0.05, 0.1) is 12.8 Å². The topological polar surface area (TPSA) is 41.9 Å². The van der Waals surface area contributed by atoms with Gasteiger partial charge in [-0.2, -0.15) is 10.1 Å². The molecule has 0 radical (unpaired) electrons. The van der Waals surface area contributed by atoms with Crippen LogP contribution in [0.15, 0.2) is 40.5 Å². The van der Waals surface area contributed by atoms with Crippen molar-refractivity contribution in [1.82, 2.24) is 5.01 Å². The van der Waals surface area contributed by atoms with Gasteiger partial charge in [0.25, 0.3) is 5.91 Å². The van der Waals surface area contributed by atoms with Gasteiger partial charge in [-0.25, -0.2) is 0 Å². The van der Waals surface area contributed by atoms with Crippen molar-refractivity contribution in [2.45, 2.75) is 6.92 Å². The van der Waals surface area contributed by atoms with Crippen molar-refractivity contribution in [3.05, 3.63) is 46.0 Å². The van der Waals surface area contributed by atoms with Crippen LogP contribution in [0.3, 0.4) is 0 Å². The smallest absolute Gasteiger partial charge is 0.290 e. The van der Waals surface area contributed by atoms with E-state index in [1.807, 2.05) is 19.1 Å². The highest BCUT2D eigenvalue weighted by Crippen LogP contribution is 2.31. The van der Waals surface area contributed by atoms with Gasteiger partial charge in [-0.3, -0.25) is 4.79 Å². The molecule has 1 aliphatic rings. The zero-order valence-corrected chi connectivity index (χ0v) is 13.0. The molecular weight excluding hydrogens is 316 g/mol. The van der Waals surface area contributed by atoms with E-state index >= 15 is 0 Å². The molecule has 20 heavy (non-hydrogen) atoms. The number of ether oxygens (including phenoxy) is 1. The highest BCUT2D eigenvalue weighted by Gasteiger charge is 2.32. The molecule has 2 rings (SSSR count). The van der Waals surface area contributed by atoms with Crippen molar-refractivity contribution in [2.75, 3.05) is 6.61 Å². The SMILES string of the molecule is CCO/C=C1\SC(=S)N(/N=C/c2cccc(Cl)c2)C1=O. The molecule has 0 aromatic heterocycles. The van der Waals surface area contributed by atoms with Crippen LogP contribution in [0, 0.1) is 0 Å². The quantitative estimate of drug-likeness (QED) is 0.368. The van der Waals surface area contributed by atoms with E-state index in [9.17, 15) is 4.79 Å². The van der Waals surface area contributed by atoms with E-state index in [1.165, 1.54) is 11.3 Å². The van der Waals surface area contributed by atoms with Crippen LogP contribution in [0.4, 0.5) is 0 Å². The summed E-state index contributed by atoms with van der Waals surface area (Å²) in [6.07, 6.45) is 2.95. The number of amides is 1. The number of thioether (sulfide) groups is 1. The Balaban J connectivity index is 2.13. The van der Waals surface area contributed by atoms with Gasteiger partial charge in [-0.15, -0.1) is 0 Å². The predicted molar refractivity (Wildman–Crippen MR) is 85.8 cm³/mol. The minimum atomic E-state index is -0.285. The Morgan fingerprint density at radius 3 is 3.05 bits per heavy atom. The summed E-state index contributed by atoms with van der Waals surface area (Å²) in [5.74, 6) is -0.285. The van der Waals surface area contributed by atoms with Crippen LogP contribution in [-0.2, 0) is 9.53 Å². The maximum Gasteiger partial charge on any atom is 0.290 e. The molecule has 0 N–H and O–H groups in total. The summed E-state index contributed by atoms with van der Waals surface area (Å²) in [5, 5.41) is 5.88. The van der Waals surface area contributed by atoms with Crippen LogP contribution in [0.1, 0.15) is 12.5 Å². The number of hydrogen-bond donors (Lipinski definition) is 0. The second-order valence-corrected chi connectivity index (χ2v) is 5.83. The summed E-state index contributed by atoms with van der Waals surface area (Å²) in [4.78, 5) is 12.5. The van der Waals surface area contributed by atoms with E-state index in [-0.39, 0.29) is 5.91 Å². The van der Waals surface area contributed by atoms with Crippen LogP contribution >= 0.6 is 35.6 Å². The number of hydrazone groups is 1. The van der Waals surface area contributed by atoms with E-state index in [4.69, 9.17) is 28.6 Å². The first-order valence-electron chi connectivity index (χ1n) is 5.79. The standard InChI is InChI=1S/C13H11ClN2O2S2/c1-2-18-8-11-12(17)16(13(19)20-11)15-7-9-4-3-5-10(14)6-9/h3-8H,2H2,1H3/b11-8-,15-7+. The van der Waals surface area contributed by atoms with Crippen molar-refractivity contribution in [3.8, 4) is 0 Å². The van der Waals surface area contributed by atoms with Gasteiger partial charge in [0, 0.05) is 5.02 Å². The zero-order chi connectivity index (χ0) is 14.5. The summed E-state index contributed by atoms with van der Waals surface area (Å²) in [6.45, 7) is 2.34. The number of thiocarbonyl (C=S) groups is 1. The van der Waals surface area contributed by atoms with Crippen LogP contribution in [-0.4, -0.2) is 28.1 Å². The first kappa shape index (κ1) is 15.0. The Morgan fingerprint density at radius 2 is 2.35 bits per heavy atom. The molecule has 1 amide bonds. The fourth-order valence-corrected chi connectivity index (χ4v) is 2.71. The molecule has 0 unspecified atom stereocenters. The molecule has 0 saturated carbocycles. The molecule has 1 heterocycles. The van der Waals surface area contributed by atoms with Crippen LogP contribution in [0.5, 0.6) is 0 Å². The van der Waals surface area contributed by atoms with E-state index in [0.29, 0.717) is 20.9 Å². The van der Waals surface area contributed by atoms with Gasteiger partial charge >= 0.3 is 0 Å². The third-order valence-electron chi connectivity index (χ3n) is 2.30. The van der Waals surface area contributed by atoms with Gasteiger partial charge in [-0.05, 0) is 48.6 Å². The number of carbonyl (C=O) groups excluding carboxylic acids is 1. The minimum Gasteiger partial charge on any atom is -0.500 e. The third-order valence-corrected chi connectivity index (χ3v) is 3.80. The molecular formula is C13H11ClN2O2S2. The maximum atomic E-state index is 12.0. The molecule has 1 aromatic rings.